The van der Waals surface area contributed by atoms with E-state index < -0.39 is 0 Å². The zero-order valence-electron chi connectivity index (χ0n) is 20.4. The minimum atomic E-state index is -0.306. The number of carbonyl (C=O) groups excluding carboxylic acids is 1. The smallest absolute Gasteiger partial charge is 0.173 e. The van der Waals surface area contributed by atoms with E-state index in [1.807, 2.05) is 19.1 Å². The van der Waals surface area contributed by atoms with Gasteiger partial charge in [0.25, 0.3) is 0 Å². The van der Waals surface area contributed by atoms with Crippen LogP contribution in [0.4, 0.5) is 20.2 Å². The molecule has 8 nitrogen and oxygen atoms in total. The number of halogens is 2. The summed E-state index contributed by atoms with van der Waals surface area (Å²) in [5.41, 5.74) is 5.05. The molecule has 0 radical (unpaired) electrons. The summed E-state index contributed by atoms with van der Waals surface area (Å²) in [6.07, 6.45) is 9.94. The van der Waals surface area contributed by atoms with Gasteiger partial charge in [0.05, 0.1) is 17.1 Å². The number of nitrogens with zero attached hydrogens (tertiary/aromatic N) is 6. The van der Waals surface area contributed by atoms with Crippen LogP contribution in [0.3, 0.4) is 0 Å². The second-order valence-corrected chi connectivity index (χ2v) is 9.31. The van der Waals surface area contributed by atoms with Gasteiger partial charge in [-0.1, -0.05) is 0 Å². The summed E-state index contributed by atoms with van der Waals surface area (Å²) < 4.78 is 27.8. The Morgan fingerprint density at radius 1 is 1.14 bits per heavy atom. The summed E-state index contributed by atoms with van der Waals surface area (Å²) in [5.74, 6) is -0.306. The maximum absolute atomic E-state index is 13.3. The molecule has 0 atom stereocenters. The van der Waals surface area contributed by atoms with Crippen LogP contribution < -0.4 is 10.2 Å². The van der Waals surface area contributed by atoms with E-state index in [1.165, 1.54) is 6.07 Å². The van der Waals surface area contributed by atoms with E-state index in [2.05, 4.69) is 30.1 Å². The van der Waals surface area contributed by atoms with Crippen LogP contribution in [0.2, 0.25) is 0 Å². The summed E-state index contributed by atoms with van der Waals surface area (Å²) in [6, 6.07) is 5.20. The summed E-state index contributed by atoms with van der Waals surface area (Å²) in [7, 11) is 1.75. The van der Waals surface area contributed by atoms with Crippen LogP contribution in [0.1, 0.15) is 28.9 Å². The zero-order valence-corrected chi connectivity index (χ0v) is 20.4. The largest absolute Gasteiger partial charge is 0.387 e. The normalized spacial score (nSPS) is 16.7. The Morgan fingerprint density at radius 2 is 1.92 bits per heavy atom. The summed E-state index contributed by atoms with van der Waals surface area (Å²) in [5, 5.41) is 2.88. The predicted octanol–water partition coefficient (Wildman–Crippen LogP) is 3.89. The van der Waals surface area contributed by atoms with Crippen LogP contribution in [0.15, 0.2) is 43.0 Å². The topological polar surface area (TPSA) is 78.7 Å². The predicted molar refractivity (Wildman–Crippen MR) is 136 cm³/mol. The minimum absolute atomic E-state index is 0.127. The van der Waals surface area contributed by atoms with Crippen molar-refractivity contribution >= 4 is 34.3 Å². The highest BCUT2D eigenvalue weighted by Crippen LogP contribution is 2.45. The van der Waals surface area contributed by atoms with E-state index >= 15 is 0 Å². The number of aldehydes is 1. The molecule has 2 fully saturated rings. The second kappa shape index (κ2) is 9.77. The molecule has 0 unspecified atom stereocenters. The highest BCUT2D eigenvalue weighted by molar-refractivity contribution is 5.99. The average molecular weight is 494 g/mol. The molecule has 10 heteroatoms. The molecule has 36 heavy (non-hydrogen) atoms. The molecule has 1 saturated carbocycles. The molecular weight excluding hydrogens is 464 g/mol. The first-order valence-corrected chi connectivity index (χ1v) is 12.1. The Morgan fingerprint density at radius 3 is 2.61 bits per heavy atom. The van der Waals surface area contributed by atoms with Crippen molar-refractivity contribution in [3.63, 3.8) is 0 Å². The van der Waals surface area contributed by atoms with Crippen molar-refractivity contribution in [2.75, 3.05) is 50.1 Å². The van der Waals surface area contributed by atoms with Crippen LogP contribution in [0.5, 0.6) is 0 Å². The number of aryl methyl sites for hydroxylation is 1. The van der Waals surface area contributed by atoms with Gasteiger partial charge in [-0.2, -0.15) is 0 Å². The first-order chi connectivity index (χ1) is 17.5. The third-order valence-electron chi connectivity index (χ3n) is 7.00. The molecule has 1 spiro atoms. The fraction of sp³-hybridized carbons (Fsp3) is 0.385. The van der Waals surface area contributed by atoms with Crippen molar-refractivity contribution in [2.45, 2.75) is 25.3 Å². The monoisotopic (exact) mass is 493 g/mol. The molecule has 1 saturated heterocycles. The van der Waals surface area contributed by atoms with Gasteiger partial charge in [0.2, 0.25) is 0 Å². The first kappa shape index (κ1) is 24.1. The highest BCUT2D eigenvalue weighted by atomic mass is 19.1. The van der Waals surface area contributed by atoms with Gasteiger partial charge in [0.15, 0.2) is 17.8 Å². The third kappa shape index (κ3) is 4.48. The van der Waals surface area contributed by atoms with Gasteiger partial charge in [0.1, 0.15) is 17.7 Å². The lowest BCUT2D eigenvalue weighted by atomic mass is 10.1. The molecule has 0 amide bonds. The van der Waals surface area contributed by atoms with Crippen molar-refractivity contribution in [2.24, 2.45) is 0 Å². The maximum Gasteiger partial charge on any atom is 0.173 e. The molecule has 1 aliphatic heterocycles. The van der Waals surface area contributed by atoms with Crippen molar-refractivity contribution in [1.82, 2.24) is 24.3 Å². The van der Waals surface area contributed by atoms with Crippen molar-refractivity contribution in [3.05, 3.63) is 60.1 Å². The molecule has 4 heterocycles. The number of hydrogen-bond acceptors (Lipinski definition) is 7. The quantitative estimate of drug-likeness (QED) is 0.423. The molecule has 2 aliphatic rings. The Bertz CT molecular complexity index is 1400. The van der Waals surface area contributed by atoms with Gasteiger partial charge in [-0.25, -0.2) is 13.8 Å². The standard InChI is InChI=1S/C17H19FN4O.C9H10FN3/c18-5-8-22-10-9-21(12-17(22)3-4-17)14-2-1-13(11-23)15-16(14)20-7-6-19-15;1-6-4-13-5-7(11-2)3-8(10)9(13)12-6/h1-2,6-7,11H,3-5,8-10,12H2;3-5,11H,1-2H3. The van der Waals surface area contributed by atoms with Crippen LogP contribution in [-0.4, -0.2) is 76.0 Å². The molecular formula is C26H29F2N7O. The molecule has 3 aromatic heterocycles. The molecule has 1 aromatic carbocycles. The highest BCUT2D eigenvalue weighted by Gasteiger charge is 2.51. The van der Waals surface area contributed by atoms with E-state index in [1.54, 1.807) is 36.2 Å². The van der Waals surface area contributed by atoms with Gasteiger partial charge in [-0.3, -0.25) is 19.7 Å². The molecule has 0 bridgehead atoms. The fourth-order valence-corrected chi connectivity index (χ4v) is 5.02. The lowest BCUT2D eigenvalue weighted by molar-refractivity contribution is 0.112. The van der Waals surface area contributed by atoms with Gasteiger partial charge in [0, 0.05) is 75.2 Å². The SMILES string of the molecule is CNc1cc(F)c2nc(C)cn2c1.O=Cc1ccc(N2CCN(CCF)C3(CC3)C2)c2nccnc12. The van der Waals surface area contributed by atoms with E-state index in [9.17, 15) is 13.6 Å². The van der Waals surface area contributed by atoms with Gasteiger partial charge < -0.3 is 14.6 Å². The molecule has 1 N–H and O–H groups in total. The minimum Gasteiger partial charge on any atom is -0.387 e. The Labute approximate surface area is 208 Å². The number of fused-ring (bicyclic) bond motifs is 2. The third-order valence-corrected chi connectivity index (χ3v) is 7.00. The molecule has 6 rings (SSSR count). The van der Waals surface area contributed by atoms with Crippen molar-refractivity contribution in [3.8, 4) is 0 Å². The van der Waals surface area contributed by atoms with Crippen molar-refractivity contribution in [1.29, 1.82) is 0 Å². The number of carbonyl (C=O) groups is 1. The maximum atomic E-state index is 13.3. The van der Waals surface area contributed by atoms with Crippen LogP contribution in [0, 0.1) is 12.7 Å². The van der Waals surface area contributed by atoms with Crippen molar-refractivity contribution < 1.29 is 13.6 Å². The van der Waals surface area contributed by atoms with Gasteiger partial charge in [-0.15, -0.1) is 0 Å². The first-order valence-electron chi connectivity index (χ1n) is 12.1. The summed E-state index contributed by atoms with van der Waals surface area (Å²) in [6.45, 7) is 4.67. The number of rotatable bonds is 5. The van der Waals surface area contributed by atoms with Crippen LogP contribution in [0.25, 0.3) is 16.7 Å². The Hall–Kier alpha value is -3.66. The number of piperazine rings is 1. The molecule has 4 aromatic rings. The number of alkyl halides is 1. The van der Waals surface area contributed by atoms with Crippen LogP contribution in [-0.2, 0) is 0 Å². The van der Waals surface area contributed by atoms with E-state index in [0.29, 0.717) is 23.3 Å². The van der Waals surface area contributed by atoms with E-state index in [0.717, 1.165) is 61.3 Å². The number of imidazole rings is 1. The summed E-state index contributed by atoms with van der Waals surface area (Å²) in [4.78, 5) is 28.6. The lowest BCUT2D eigenvalue weighted by Crippen LogP contribution is -2.55. The number of nitrogens with one attached hydrogen (secondary N) is 1. The average Bonchev–Trinajstić information content (AvgIpc) is 3.55. The Balaban J connectivity index is 0.000000174. The number of benzene rings is 1. The Kier molecular flexibility index (Phi) is 6.53. The number of anilines is 2. The van der Waals surface area contributed by atoms with Crippen LogP contribution >= 0.6 is 0 Å². The summed E-state index contributed by atoms with van der Waals surface area (Å²) >= 11 is 0. The zero-order chi connectivity index (χ0) is 25.3. The number of aromatic nitrogens is 4. The fourth-order valence-electron chi connectivity index (χ4n) is 5.02. The van der Waals surface area contributed by atoms with E-state index in [-0.39, 0.29) is 18.0 Å². The molecule has 1 aliphatic carbocycles. The lowest BCUT2D eigenvalue weighted by Gasteiger charge is -2.43. The number of pyridine rings is 1. The van der Waals surface area contributed by atoms with Gasteiger partial charge in [-0.05, 0) is 31.9 Å². The van der Waals surface area contributed by atoms with Gasteiger partial charge >= 0.3 is 0 Å². The van der Waals surface area contributed by atoms with E-state index in [4.69, 9.17) is 0 Å². The number of hydrogen-bond donors (Lipinski definition) is 1. The second-order valence-electron chi connectivity index (χ2n) is 9.31. The molecule has 188 valence electrons.